The minimum Gasteiger partial charge on any atom is -0.314 e. The lowest BCUT2D eigenvalue weighted by atomic mass is 9.98. The molecule has 112 valence electrons. The maximum absolute atomic E-state index is 6.28. The standard InChI is InChI=1S/C18H21Cl2N/c1-3-21-17(10-14-6-4-13(2)5-7-14)12-15-11-16(19)8-9-18(15)20/h4-9,11,17,21H,3,10,12H2,1-2H3. The Morgan fingerprint density at radius 1 is 1.00 bits per heavy atom. The molecule has 3 heteroatoms. The van der Waals surface area contributed by atoms with Crippen LogP contribution in [0.3, 0.4) is 0 Å². The number of halogens is 2. The molecule has 0 saturated heterocycles. The molecule has 0 aliphatic rings. The summed E-state index contributed by atoms with van der Waals surface area (Å²) in [5, 5.41) is 5.06. The van der Waals surface area contributed by atoms with Crippen LogP contribution in [0.5, 0.6) is 0 Å². The van der Waals surface area contributed by atoms with Gasteiger partial charge < -0.3 is 5.32 Å². The minimum absolute atomic E-state index is 0.355. The molecule has 0 saturated carbocycles. The van der Waals surface area contributed by atoms with Gasteiger partial charge in [-0.1, -0.05) is 60.0 Å². The average molecular weight is 322 g/mol. The number of hydrogen-bond donors (Lipinski definition) is 1. The van der Waals surface area contributed by atoms with Gasteiger partial charge in [0.25, 0.3) is 0 Å². The molecule has 2 rings (SSSR count). The molecule has 2 aromatic rings. The van der Waals surface area contributed by atoms with Crippen molar-refractivity contribution in [1.82, 2.24) is 5.32 Å². The Morgan fingerprint density at radius 3 is 2.38 bits per heavy atom. The van der Waals surface area contributed by atoms with Gasteiger partial charge in [0.2, 0.25) is 0 Å². The van der Waals surface area contributed by atoms with Crippen molar-refractivity contribution in [2.24, 2.45) is 0 Å². The topological polar surface area (TPSA) is 12.0 Å². The van der Waals surface area contributed by atoms with Crippen molar-refractivity contribution in [2.45, 2.75) is 32.7 Å². The van der Waals surface area contributed by atoms with Gasteiger partial charge >= 0.3 is 0 Å². The van der Waals surface area contributed by atoms with E-state index < -0.39 is 0 Å². The fourth-order valence-corrected chi connectivity index (χ4v) is 2.87. The van der Waals surface area contributed by atoms with Crippen molar-refractivity contribution < 1.29 is 0 Å². The summed E-state index contributed by atoms with van der Waals surface area (Å²) in [6.45, 7) is 5.17. The second kappa shape index (κ2) is 7.84. The first-order valence-corrected chi connectivity index (χ1v) is 8.07. The Balaban J connectivity index is 2.11. The normalized spacial score (nSPS) is 12.4. The van der Waals surface area contributed by atoms with E-state index in [4.69, 9.17) is 23.2 Å². The maximum Gasteiger partial charge on any atom is 0.0439 e. The third-order valence-corrected chi connectivity index (χ3v) is 4.17. The van der Waals surface area contributed by atoms with Gasteiger partial charge in [-0.05, 0) is 55.6 Å². The zero-order valence-corrected chi connectivity index (χ0v) is 14.0. The largest absolute Gasteiger partial charge is 0.314 e. The molecule has 0 aromatic heterocycles. The molecule has 0 aliphatic carbocycles. The lowest BCUT2D eigenvalue weighted by molar-refractivity contribution is 0.521. The van der Waals surface area contributed by atoms with E-state index in [-0.39, 0.29) is 0 Å². The second-order valence-corrected chi connectivity index (χ2v) is 6.23. The first kappa shape index (κ1) is 16.4. The zero-order valence-electron chi connectivity index (χ0n) is 12.5. The highest BCUT2D eigenvalue weighted by atomic mass is 35.5. The van der Waals surface area contributed by atoms with E-state index in [2.05, 4.69) is 43.4 Å². The molecule has 0 radical (unpaired) electrons. The average Bonchev–Trinajstić information content (AvgIpc) is 2.45. The van der Waals surface area contributed by atoms with Crippen LogP contribution < -0.4 is 5.32 Å². The molecule has 0 bridgehead atoms. The Labute approximate surface area is 137 Å². The molecule has 21 heavy (non-hydrogen) atoms. The van der Waals surface area contributed by atoms with Crippen molar-refractivity contribution in [3.05, 3.63) is 69.2 Å². The molecular weight excluding hydrogens is 301 g/mol. The van der Waals surface area contributed by atoms with Crippen LogP contribution in [-0.2, 0) is 12.8 Å². The molecule has 1 atom stereocenters. The van der Waals surface area contributed by atoms with Crippen LogP contribution in [-0.4, -0.2) is 12.6 Å². The van der Waals surface area contributed by atoms with Crippen molar-refractivity contribution in [3.8, 4) is 0 Å². The van der Waals surface area contributed by atoms with Gasteiger partial charge in [0, 0.05) is 16.1 Å². The smallest absolute Gasteiger partial charge is 0.0439 e. The Morgan fingerprint density at radius 2 is 1.71 bits per heavy atom. The molecule has 0 heterocycles. The zero-order chi connectivity index (χ0) is 15.2. The predicted molar refractivity (Wildman–Crippen MR) is 92.5 cm³/mol. The second-order valence-electron chi connectivity index (χ2n) is 5.38. The van der Waals surface area contributed by atoms with Gasteiger partial charge in [-0.3, -0.25) is 0 Å². The van der Waals surface area contributed by atoms with E-state index in [1.54, 1.807) is 0 Å². The summed E-state index contributed by atoms with van der Waals surface area (Å²) in [6, 6.07) is 14.7. The van der Waals surface area contributed by atoms with Crippen LogP contribution in [0, 0.1) is 6.92 Å². The number of benzene rings is 2. The number of hydrogen-bond acceptors (Lipinski definition) is 1. The molecular formula is C18H21Cl2N. The van der Waals surface area contributed by atoms with Crippen molar-refractivity contribution in [3.63, 3.8) is 0 Å². The third kappa shape index (κ3) is 5.03. The van der Waals surface area contributed by atoms with Crippen molar-refractivity contribution in [1.29, 1.82) is 0 Å². The van der Waals surface area contributed by atoms with E-state index in [9.17, 15) is 0 Å². The fourth-order valence-electron chi connectivity index (χ4n) is 2.48. The SMILES string of the molecule is CCNC(Cc1ccc(C)cc1)Cc1cc(Cl)ccc1Cl. The van der Waals surface area contributed by atoms with Crippen LogP contribution >= 0.6 is 23.2 Å². The summed E-state index contributed by atoms with van der Waals surface area (Å²) >= 11 is 12.4. The van der Waals surface area contributed by atoms with E-state index >= 15 is 0 Å². The summed E-state index contributed by atoms with van der Waals surface area (Å²) < 4.78 is 0. The van der Waals surface area contributed by atoms with Crippen molar-refractivity contribution >= 4 is 23.2 Å². The van der Waals surface area contributed by atoms with Gasteiger partial charge in [-0.25, -0.2) is 0 Å². The molecule has 1 unspecified atom stereocenters. The number of likely N-dealkylation sites (N-methyl/N-ethyl adjacent to an activating group) is 1. The highest BCUT2D eigenvalue weighted by Crippen LogP contribution is 2.22. The van der Waals surface area contributed by atoms with Gasteiger partial charge in [0.05, 0.1) is 0 Å². The highest BCUT2D eigenvalue weighted by Gasteiger charge is 2.12. The Bertz CT molecular complexity index is 578. The summed E-state index contributed by atoms with van der Waals surface area (Å²) in [7, 11) is 0. The molecule has 1 nitrogen and oxygen atoms in total. The fraction of sp³-hybridized carbons (Fsp3) is 0.333. The summed E-state index contributed by atoms with van der Waals surface area (Å²) in [4.78, 5) is 0. The number of rotatable bonds is 6. The van der Waals surface area contributed by atoms with Gasteiger partial charge in [-0.15, -0.1) is 0 Å². The molecule has 0 amide bonds. The third-order valence-electron chi connectivity index (χ3n) is 3.57. The van der Waals surface area contributed by atoms with E-state index in [0.29, 0.717) is 6.04 Å². The van der Waals surface area contributed by atoms with E-state index in [0.717, 1.165) is 35.0 Å². The number of aryl methyl sites for hydroxylation is 1. The Kier molecular flexibility index (Phi) is 6.10. The van der Waals surface area contributed by atoms with Crippen LogP contribution in [0.4, 0.5) is 0 Å². The molecule has 2 aromatic carbocycles. The predicted octanol–water partition coefficient (Wildman–Crippen LogP) is 5.07. The quantitative estimate of drug-likeness (QED) is 0.783. The highest BCUT2D eigenvalue weighted by molar-refractivity contribution is 6.33. The molecule has 1 N–H and O–H groups in total. The van der Waals surface area contributed by atoms with Gasteiger partial charge in [-0.2, -0.15) is 0 Å². The lowest BCUT2D eigenvalue weighted by Gasteiger charge is -2.19. The van der Waals surface area contributed by atoms with E-state index in [1.165, 1.54) is 11.1 Å². The maximum atomic E-state index is 6.28. The summed E-state index contributed by atoms with van der Waals surface area (Å²) in [5.41, 5.74) is 3.73. The lowest BCUT2D eigenvalue weighted by Crippen LogP contribution is -2.33. The first-order valence-electron chi connectivity index (χ1n) is 7.31. The van der Waals surface area contributed by atoms with Crippen molar-refractivity contribution in [2.75, 3.05) is 6.54 Å². The minimum atomic E-state index is 0.355. The summed E-state index contributed by atoms with van der Waals surface area (Å²) in [5.74, 6) is 0. The monoisotopic (exact) mass is 321 g/mol. The van der Waals surface area contributed by atoms with Gasteiger partial charge in [0.1, 0.15) is 0 Å². The van der Waals surface area contributed by atoms with Crippen LogP contribution in [0.25, 0.3) is 0 Å². The summed E-state index contributed by atoms with van der Waals surface area (Å²) in [6.07, 6.45) is 1.86. The van der Waals surface area contributed by atoms with Crippen LogP contribution in [0.15, 0.2) is 42.5 Å². The Hall–Kier alpha value is -1.02. The van der Waals surface area contributed by atoms with Crippen LogP contribution in [0.2, 0.25) is 10.0 Å². The number of nitrogens with one attached hydrogen (secondary N) is 1. The van der Waals surface area contributed by atoms with Gasteiger partial charge in [0.15, 0.2) is 0 Å². The molecule has 0 aliphatic heterocycles. The first-order chi connectivity index (χ1) is 10.1. The molecule has 0 spiro atoms. The van der Waals surface area contributed by atoms with E-state index in [1.807, 2.05) is 18.2 Å². The molecule has 0 fully saturated rings. The van der Waals surface area contributed by atoms with Crippen LogP contribution in [0.1, 0.15) is 23.6 Å².